The fourth-order valence-electron chi connectivity index (χ4n) is 9.27. The third-order valence-corrected chi connectivity index (χ3v) is 14.3. The minimum Gasteiger partial charge on any atom is -0.462 e. The van der Waals surface area contributed by atoms with Gasteiger partial charge >= 0.3 is 17.9 Å². The van der Waals surface area contributed by atoms with E-state index in [0.29, 0.717) is 19.3 Å². The molecular weight excluding hydrogens is 1020 g/mol. The summed E-state index contributed by atoms with van der Waals surface area (Å²) in [6.45, 7) is 6.41. The number of carbonyl (C=O) groups is 3. The van der Waals surface area contributed by atoms with E-state index in [1.807, 2.05) is 0 Å². The third-order valence-electron chi connectivity index (χ3n) is 14.3. The van der Waals surface area contributed by atoms with Crippen LogP contribution in [0.2, 0.25) is 0 Å². The smallest absolute Gasteiger partial charge is 0.306 e. The lowest BCUT2D eigenvalue weighted by Gasteiger charge is -2.18. The Balaban J connectivity index is 4.45. The number of allylic oxidation sites excluding steroid dienone is 24. The lowest BCUT2D eigenvalue weighted by atomic mass is 10.0. The van der Waals surface area contributed by atoms with Crippen molar-refractivity contribution in [3.8, 4) is 0 Å². The average molecular weight is 1150 g/mol. The molecule has 0 saturated heterocycles. The van der Waals surface area contributed by atoms with Crippen LogP contribution < -0.4 is 0 Å². The van der Waals surface area contributed by atoms with Crippen molar-refractivity contribution in [2.75, 3.05) is 13.2 Å². The predicted octanol–water partition coefficient (Wildman–Crippen LogP) is 23.9. The lowest BCUT2D eigenvalue weighted by molar-refractivity contribution is -0.167. The molecule has 0 aliphatic carbocycles. The molecule has 1 unspecified atom stereocenters. The highest BCUT2D eigenvalue weighted by atomic mass is 16.6. The van der Waals surface area contributed by atoms with Crippen molar-refractivity contribution in [2.24, 2.45) is 0 Å². The SMILES string of the molecule is CC/C=C\C/C=C\C/C=C\C/C=C\C/C=C\C/C=C\CCCCCCCCC(=O)OCC(COC(=O)CCCCCCCCCCCCCCCCC)OC(=O)CCCCCCCC/C=C\C/C=C\C/C=C\C/C=C\C/C=C\C/C=C\CC. The van der Waals surface area contributed by atoms with E-state index in [9.17, 15) is 14.4 Å². The van der Waals surface area contributed by atoms with Crippen molar-refractivity contribution in [1.82, 2.24) is 0 Å². The Morgan fingerprint density at radius 1 is 0.253 bits per heavy atom. The fraction of sp³-hybridized carbons (Fsp3) is 0.649. The van der Waals surface area contributed by atoms with Crippen LogP contribution in [0, 0.1) is 0 Å². The maximum atomic E-state index is 13.0. The third kappa shape index (κ3) is 68.0. The molecule has 0 amide bonds. The maximum Gasteiger partial charge on any atom is 0.306 e. The van der Waals surface area contributed by atoms with E-state index in [-0.39, 0.29) is 31.1 Å². The number of unbranched alkanes of at least 4 members (excludes halogenated alkanes) is 26. The first kappa shape index (κ1) is 78.3. The Bertz CT molecular complexity index is 1800. The minimum atomic E-state index is -0.799. The second kappa shape index (κ2) is 69.8. The van der Waals surface area contributed by atoms with Gasteiger partial charge in [-0.05, 0) is 122 Å². The molecule has 0 rings (SSSR count). The molecule has 470 valence electrons. The van der Waals surface area contributed by atoms with Gasteiger partial charge < -0.3 is 14.2 Å². The summed E-state index contributed by atoms with van der Waals surface area (Å²) in [5.74, 6) is -0.915. The van der Waals surface area contributed by atoms with Crippen LogP contribution in [0.3, 0.4) is 0 Å². The molecule has 0 aromatic carbocycles. The van der Waals surface area contributed by atoms with Crippen LogP contribution in [-0.4, -0.2) is 37.2 Å². The summed E-state index contributed by atoms with van der Waals surface area (Å²) in [5.41, 5.74) is 0. The monoisotopic (exact) mass is 1150 g/mol. The minimum absolute atomic E-state index is 0.0913. The van der Waals surface area contributed by atoms with Gasteiger partial charge in [-0.25, -0.2) is 0 Å². The van der Waals surface area contributed by atoms with Gasteiger partial charge in [0.25, 0.3) is 0 Å². The first-order valence-corrected chi connectivity index (χ1v) is 34.3. The number of ether oxygens (including phenoxy) is 3. The molecular formula is C77H126O6. The molecule has 0 aliphatic heterocycles. The molecule has 0 saturated carbocycles. The normalized spacial score (nSPS) is 13.0. The Kier molecular flexibility index (Phi) is 65.8. The number of hydrogen-bond donors (Lipinski definition) is 0. The molecule has 0 radical (unpaired) electrons. The van der Waals surface area contributed by atoms with Crippen LogP contribution in [0.5, 0.6) is 0 Å². The first-order valence-electron chi connectivity index (χ1n) is 34.3. The second-order valence-electron chi connectivity index (χ2n) is 22.3. The van der Waals surface area contributed by atoms with E-state index >= 15 is 0 Å². The highest BCUT2D eigenvalue weighted by Crippen LogP contribution is 2.16. The van der Waals surface area contributed by atoms with Gasteiger partial charge in [-0.2, -0.15) is 0 Å². The zero-order valence-corrected chi connectivity index (χ0v) is 53.9. The predicted molar refractivity (Wildman–Crippen MR) is 362 cm³/mol. The summed E-state index contributed by atoms with van der Waals surface area (Å²) < 4.78 is 17.0. The largest absolute Gasteiger partial charge is 0.462 e. The average Bonchev–Trinajstić information content (AvgIpc) is 3.49. The second-order valence-corrected chi connectivity index (χ2v) is 22.3. The van der Waals surface area contributed by atoms with Gasteiger partial charge in [0.1, 0.15) is 13.2 Å². The molecule has 83 heavy (non-hydrogen) atoms. The van der Waals surface area contributed by atoms with Crippen LogP contribution >= 0.6 is 0 Å². The molecule has 0 bridgehead atoms. The zero-order chi connectivity index (χ0) is 59.9. The quantitative estimate of drug-likeness (QED) is 0.0261. The zero-order valence-electron chi connectivity index (χ0n) is 53.9. The molecule has 0 aliphatic rings. The van der Waals surface area contributed by atoms with Crippen LogP contribution in [0.1, 0.15) is 303 Å². The summed E-state index contributed by atoms with van der Waals surface area (Å²) in [5, 5.41) is 0. The van der Waals surface area contributed by atoms with Crippen LogP contribution in [-0.2, 0) is 28.6 Å². The summed E-state index contributed by atoms with van der Waals surface area (Å²) in [7, 11) is 0. The highest BCUT2D eigenvalue weighted by Gasteiger charge is 2.19. The van der Waals surface area contributed by atoms with Gasteiger partial charge in [0.15, 0.2) is 6.10 Å². The Morgan fingerprint density at radius 3 is 0.735 bits per heavy atom. The van der Waals surface area contributed by atoms with Crippen molar-refractivity contribution in [3.63, 3.8) is 0 Å². The molecule has 0 aromatic heterocycles. The van der Waals surface area contributed by atoms with Gasteiger partial charge in [0.2, 0.25) is 0 Å². The Morgan fingerprint density at radius 2 is 0.470 bits per heavy atom. The van der Waals surface area contributed by atoms with E-state index in [1.54, 1.807) is 0 Å². The van der Waals surface area contributed by atoms with Crippen molar-refractivity contribution in [2.45, 2.75) is 309 Å². The molecule has 0 heterocycles. The summed E-state index contributed by atoms with van der Waals surface area (Å²) in [6, 6.07) is 0. The van der Waals surface area contributed by atoms with E-state index in [0.717, 1.165) is 161 Å². The van der Waals surface area contributed by atoms with Crippen molar-refractivity contribution < 1.29 is 28.6 Å². The van der Waals surface area contributed by atoms with Crippen molar-refractivity contribution in [3.05, 3.63) is 146 Å². The highest BCUT2D eigenvalue weighted by molar-refractivity contribution is 5.71. The molecule has 0 aromatic rings. The number of rotatable bonds is 61. The van der Waals surface area contributed by atoms with Gasteiger partial charge in [-0.15, -0.1) is 0 Å². The van der Waals surface area contributed by atoms with Crippen molar-refractivity contribution >= 4 is 17.9 Å². The molecule has 1 atom stereocenters. The van der Waals surface area contributed by atoms with E-state index in [1.165, 1.54) is 103 Å². The molecule has 0 fully saturated rings. The molecule has 0 N–H and O–H groups in total. The van der Waals surface area contributed by atoms with E-state index in [4.69, 9.17) is 14.2 Å². The van der Waals surface area contributed by atoms with Crippen molar-refractivity contribution in [1.29, 1.82) is 0 Å². The molecule has 6 heteroatoms. The first-order chi connectivity index (χ1) is 41.0. The molecule has 0 spiro atoms. The van der Waals surface area contributed by atoms with E-state index < -0.39 is 6.10 Å². The van der Waals surface area contributed by atoms with Gasteiger partial charge in [0.05, 0.1) is 0 Å². The Labute approximate surface area is 512 Å². The molecule has 6 nitrogen and oxygen atoms in total. The lowest BCUT2D eigenvalue weighted by Crippen LogP contribution is -2.30. The Hall–Kier alpha value is -4.71. The van der Waals surface area contributed by atoms with Crippen LogP contribution in [0.15, 0.2) is 146 Å². The number of esters is 3. The van der Waals surface area contributed by atoms with Gasteiger partial charge in [0, 0.05) is 19.3 Å². The van der Waals surface area contributed by atoms with Crippen LogP contribution in [0.4, 0.5) is 0 Å². The van der Waals surface area contributed by atoms with Gasteiger partial charge in [-0.3, -0.25) is 14.4 Å². The fourth-order valence-corrected chi connectivity index (χ4v) is 9.27. The topological polar surface area (TPSA) is 78.9 Å². The standard InChI is InChI=1S/C77H126O6/c1-4-7-10-13-16-19-22-25-28-30-32-34-36-38-40-42-44-46-49-52-55-58-61-64-67-70-76(79)82-73-74(72-81-75(78)69-66-63-60-57-54-51-48-27-24-21-18-15-12-9-6-3)83-77(80)71-68-65-62-59-56-53-50-47-45-43-41-39-37-35-33-31-29-26-23-20-17-14-11-8-5-2/h7-8,10-11,16-17,19-20,25-26,28-29,32-35,38-41,44-47,74H,4-6,9,12-15,18,21-24,27,30-31,36-37,42-43,48-73H2,1-3H3/b10-7-,11-8-,19-16-,20-17-,28-25-,29-26-,34-32-,35-33-,40-38-,41-39-,46-44-,47-45-. The number of carbonyl (C=O) groups excluding carboxylic acids is 3. The summed E-state index contributed by atoms with van der Waals surface area (Å²) >= 11 is 0. The maximum absolute atomic E-state index is 13.0. The van der Waals surface area contributed by atoms with Crippen LogP contribution in [0.25, 0.3) is 0 Å². The summed E-state index contributed by atoms with van der Waals surface area (Å²) in [4.78, 5) is 38.5. The van der Waals surface area contributed by atoms with E-state index in [2.05, 4.69) is 167 Å². The van der Waals surface area contributed by atoms with Gasteiger partial charge in [-0.1, -0.05) is 308 Å². The number of hydrogen-bond acceptors (Lipinski definition) is 6. The summed E-state index contributed by atoms with van der Waals surface area (Å²) in [6.07, 6.45) is 99.9.